The van der Waals surface area contributed by atoms with Gasteiger partial charge in [0.25, 0.3) is 0 Å². The lowest BCUT2D eigenvalue weighted by Crippen LogP contribution is -2.25. The Morgan fingerprint density at radius 1 is 1.45 bits per heavy atom. The number of carbonyl (C=O) groups excluding carboxylic acids is 1. The number of alkyl halides is 3. The van der Waals surface area contributed by atoms with Crippen molar-refractivity contribution in [3.8, 4) is 5.75 Å². The second-order valence-electron chi connectivity index (χ2n) is 4.72. The topological polar surface area (TPSA) is 50.4 Å². The van der Waals surface area contributed by atoms with Crippen LogP contribution in [0.1, 0.15) is 6.42 Å². The van der Waals surface area contributed by atoms with Gasteiger partial charge in [-0.15, -0.1) is 12.4 Å². The predicted molar refractivity (Wildman–Crippen MR) is 79.9 cm³/mol. The van der Waals surface area contributed by atoms with Gasteiger partial charge in [0.1, 0.15) is 5.75 Å². The van der Waals surface area contributed by atoms with Gasteiger partial charge in [-0.25, -0.2) is 0 Å². The predicted octanol–water partition coefficient (Wildman–Crippen LogP) is 3.25. The molecule has 1 unspecified atom stereocenters. The van der Waals surface area contributed by atoms with E-state index in [1.165, 1.54) is 18.2 Å². The smallest absolute Gasteiger partial charge is 0.422 e. The van der Waals surface area contributed by atoms with E-state index in [0.29, 0.717) is 13.0 Å². The van der Waals surface area contributed by atoms with Crippen molar-refractivity contribution in [1.29, 1.82) is 0 Å². The Morgan fingerprint density at radius 2 is 2.18 bits per heavy atom. The van der Waals surface area contributed by atoms with Crippen molar-refractivity contribution < 1.29 is 22.7 Å². The molecule has 9 heteroatoms. The molecule has 1 aromatic rings. The van der Waals surface area contributed by atoms with Crippen molar-refractivity contribution in [2.45, 2.75) is 12.6 Å². The molecule has 0 aromatic heterocycles. The molecular formula is C13H15Cl2F3N2O2. The molecule has 1 atom stereocenters. The zero-order valence-electron chi connectivity index (χ0n) is 11.4. The number of carbonyl (C=O) groups is 1. The average Bonchev–Trinajstić information content (AvgIpc) is 2.92. The molecule has 22 heavy (non-hydrogen) atoms. The van der Waals surface area contributed by atoms with Gasteiger partial charge < -0.3 is 15.4 Å². The maximum atomic E-state index is 12.2. The zero-order valence-corrected chi connectivity index (χ0v) is 12.9. The quantitative estimate of drug-likeness (QED) is 0.868. The van der Waals surface area contributed by atoms with E-state index in [-0.39, 0.29) is 40.7 Å². The summed E-state index contributed by atoms with van der Waals surface area (Å²) >= 11 is 5.75. The number of benzene rings is 1. The van der Waals surface area contributed by atoms with E-state index in [0.717, 1.165) is 6.54 Å². The van der Waals surface area contributed by atoms with Gasteiger partial charge in [0.15, 0.2) is 6.61 Å². The maximum Gasteiger partial charge on any atom is 0.422 e. The Bertz CT molecular complexity index is 520. The van der Waals surface area contributed by atoms with E-state index < -0.39 is 12.8 Å². The monoisotopic (exact) mass is 358 g/mol. The molecule has 124 valence electrons. The van der Waals surface area contributed by atoms with Gasteiger partial charge in [-0.05, 0) is 25.1 Å². The van der Waals surface area contributed by atoms with Crippen LogP contribution < -0.4 is 15.4 Å². The second kappa shape index (κ2) is 7.89. The van der Waals surface area contributed by atoms with Crippen LogP contribution in [0.3, 0.4) is 0 Å². The first-order valence-corrected chi connectivity index (χ1v) is 6.73. The average molecular weight is 359 g/mol. The van der Waals surface area contributed by atoms with Gasteiger partial charge in [0, 0.05) is 17.6 Å². The first-order valence-electron chi connectivity index (χ1n) is 6.36. The molecule has 1 aliphatic heterocycles. The highest BCUT2D eigenvalue weighted by Gasteiger charge is 2.29. The molecular weight excluding hydrogens is 344 g/mol. The number of rotatable bonds is 4. The van der Waals surface area contributed by atoms with Crippen LogP contribution >= 0.6 is 24.0 Å². The fraction of sp³-hybridized carbons (Fsp3) is 0.462. The summed E-state index contributed by atoms with van der Waals surface area (Å²) in [5.74, 6) is -0.547. The van der Waals surface area contributed by atoms with Crippen molar-refractivity contribution >= 4 is 35.6 Å². The number of anilines is 1. The van der Waals surface area contributed by atoms with Gasteiger partial charge >= 0.3 is 6.18 Å². The Morgan fingerprint density at radius 3 is 2.77 bits per heavy atom. The Labute approximate surface area is 136 Å². The third-order valence-corrected chi connectivity index (χ3v) is 3.26. The zero-order chi connectivity index (χ0) is 15.5. The molecule has 4 nitrogen and oxygen atoms in total. The van der Waals surface area contributed by atoms with Crippen LogP contribution in [0.15, 0.2) is 18.2 Å². The van der Waals surface area contributed by atoms with E-state index >= 15 is 0 Å². The van der Waals surface area contributed by atoms with Crippen molar-refractivity contribution in [3.63, 3.8) is 0 Å². The summed E-state index contributed by atoms with van der Waals surface area (Å²) in [6, 6.07) is 4.15. The van der Waals surface area contributed by atoms with Crippen molar-refractivity contribution in [3.05, 3.63) is 23.2 Å². The summed E-state index contributed by atoms with van der Waals surface area (Å²) in [6.07, 6.45) is -3.77. The Kier molecular flexibility index (Phi) is 6.77. The van der Waals surface area contributed by atoms with Crippen LogP contribution in [0.5, 0.6) is 5.75 Å². The summed E-state index contributed by atoms with van der Waals surface area (Å²) in [6.45, 7) is -0.143. The first-order chi connectivity index (χ1) is 9.85. The molecule has 0 aliphatic carbocycles. The van der Waals surface area contributed by atoms with Crippen LogP contribution in [0.2, 0.25) is 5.02 Å². The third kappa shape index (κ3) is 5.55. The minimum atomic E-state index is -4.46. The van der Waals surface area contributed by atoms with Crippen LogP contribution in [0, 0.1) is 5.92 Å². The molecule has 1 amide bonds. The Balaban J connectivity index is 0.00000242. The molecule has 2 N–H and O–H groups in total. The second-order valence-corrected chi connectivity index (χ2v) is 5.16. The minimum absolute atomic E-state index is 0. The van der Waals surface area contributed by atoms with Crippen molar-refractivity contribution in [1.82, 2.24) is 5.32 Å². The van der Waals surface area contributed by atoms with Crippen LogP contribution in [0.25, 0.3) is 0 Å². The van der Waals surface area contributed by atoms with E-state index in [1.54, 1.807) is 0 Å². The number of halogens is 5. The third-order valence-electron chi connectivity index (χ3n) is 3.02. The lowest BCUT2D eigenvalue weighted by molar-refractivity contribution is -0.153. The largest absolute Gasteiger partial charge is 0.482 e. The maximum absolute atomic E-state index is 12.2. The van der Waals surface area contributed by atoms with Crippen molar-refractivity contribution in [2.75, 3.05) is 25.0 Å². The fourth-order valence-electron chi connectivity index (χ4n) is 1.99. The minimum Gasteiger partial charge on any atom is -0.482 e. The van der Waals surface area contributed by atoms with E-state index in [4.69, 9.17) is 16.3 Å². The molecule has 0 saturated carbocycles. The first kappa shape index (κ1) is 18.9. The standard InChI is InChI=1S/C13H14ClF3N2O2.ClH/c14-9-1-2-10(11(5-9)21-7-13(15,16)17)19-12(20)8-3-4-18-6-8;/h1-2,5,8,18H,3-4,6-7H2,(H,19,20);1H. The molecule has 0 bridgehead atoms. The van der Waals surface area contributed by atoms with Crippen LogP contribution in [-0.4, -0.2) is 31.8 Å². The van der Waals surface area contributed by atoms with Gasteiger partial charge in [-0.1, -0.05) is 11.6 Å². The van der Waals surface area contributed by atoms with Crippen molar-refractivity contribution in [2.24, 2.45) is 5.92 Å². The fourth-order valence-corrected chi connectivity index (χ4v) is 2.15. The molecule has 0 radical (unpaired) electrons. The van der Waals surface area contributed by atoms with Gasteiger partial charge in [-0.2, -0.15) is 13.2 Å². The molecule has 1 saturated heterocycles. The summed E-state index contributed by atoms with van der Waals surface area (Å²) in [5, 5.41) is 5.86. The highest BCUT2D eigenvalue weighted by molar-refractivity contribution is 6.30. The molecule has 1 heterocycles. The molecule has 2 rings (SSSR count). The van der Waals surface area contributed by atoms with E-state index in [9.17, 15) is 18.0 Å². The summed E-state index contributed by atoms with van der Waals surface area (Å²) in [7, 11) is 0. The molecule has 1 fully saturated rings. The molecule has 1 aromatic carbocycles. The number of ether oxygens (including phenoxy) is 1. The van der Waals surface area contributed by atoms with E-state index in [1.807, 2.05) is 0 Å². The lowest BCUT2D eigenvalue weighted by atomic mass is 10.1. The van der Waals surface area contributed by atoms with Gasteiger partial charge in [0.05, 0.1) is 11.6 Å². The van der Waals surface area contributed by atoms with E-state index in [2.05, 4.69) is 10.6 Å². The molecule has 1 aliphatic rings. The molecule has 0 spiro atoms. The number of nitrogens with one attached hydrogen (secondary N) is 2. The summed E-state index contributed by atoms with van der Waals surface area (Å²) in [4.78, 5) is 12.0. The SMILES string of the molecule is Cl.O=C(Nc1ccc(Cl)cc1OCC(F)(F)F)C1CCNC1. The normalized spacial score (nSPS) is 17.7. The van der Waals surface area contributed by atoms with Gasteiger partial charge in [-0.3, -0.25) is 4.79 Å². The van der Waals surface area contributed by atoms with Crippen LogP contribution in [0.4, 0.5) is 18.9 Å². The van der Waals surface area contributed by atoms with Crippen LogP contribution in [-0.2, 0) is 4.79 Å². The summed E-state index contributed by atoms with van der Waals surface area (Å²) < 4.78 is 41.4. The van der Waals surface area contributed by atoms with Gasteiger partial charge in [0.2, 0.25) is 5.91 Å². The number of hydrogen-bond donors (Lipinski definition) is 2. The highest BCUT2D eigenvalue weighted by atomic mass is 35.5. The Hall–Kier alpha value is -1.18. The number of amides is 1. The lowest BCUT2D eigenvalue weighted by Gasteiger charge is -2.15. The number of hydrogen-bond acceptors (Lipinski definition) is 3. The highest BCUT2D eigenvalue weighted by Crippen LogP contribution is 2.30. The summed E-state index contributed by atoms with van der Waals surface area (Å²) in [5.41, 5.74) is 0.181.